The molecule has 0 aliphatic rings. The Morgan fingerprint density at radius 2 is 1.85 bits per heavy atom. The predicted molar refractivity (Wildman–Crippen MR) is 54.2 cm³/mol. The third kappa shape index (κ3) is 2.77. The Morgan fingerprint density at radius 3 is 2.31 bits per heavy atom. The zero-order chi connectivity index (χ0) is 9.84. The van der Waals surface area contributed by atoms with Gasteiger partial charge in [-0.05, 0) is 17.7 Å². The molecule has 0 bridgehead atoms. The number of aliphatic hydroxyl groups is 2. The lowest BCUT2D eigenvalue weighted by Crippen LogP contribution is -2.31. The molecule has 2 atom stereocenters. The molecule has 0 aliphatic carbocycles. The normalized spacial score (nSPS) is 15.4. The maximum Gasteiger partial charge on any atom is 0.0963 e. The van der Waals surface area contributed by atoms with E-state index in [2.05, 4.69) is 15.9 Å². The summed E-state index contributed by atoms with van der Waals surface area (Å²) < 4.78 is 0.945. The predicted octanol–water partition coefficient (Wildman–Crippen LogP) is 0.802. The van der Waals surface area contributed by atoms with Crippen molar-refractivity contribution in [3.05, 3.63) is 34.3 Å². The Labute approximate surface area is 85.3 Å². The van der Waals surface area contributed by atoms with Crippen LogP contribution in [0.1, 0.15) is 11.7 Å². The van der Waals surface area contributed by atoms with Crippen LogP contribution in [-0.2, 0) is 0 Å². The SMILES string of the molecule is NC(CO)C(O)c1ccc(Br)cc1. The third-order valence-electron chi connectivity index (χ3n) is 1.83. The van der Waals surface area contributed by atoms with E-state index in [0.717, 1.165) is 4.47 Å². The van der Waals surface area contributed by atoms with Crippen LogP contribution in [-0.4, -0.2) is 22.9 Å². The molecule has 13 heavy (non-hydrogen) atoms. The zero-order valence-corrected chi connectivity index (χ0v) is 8.61. The summed E-state index contributed by atoms with van der Waals surface area (Å²) in [4.78, 5) is 0. The van der Waals surface area contributed by atoms with Crippen molar-refractivity contribution in [3.63, 3.8) is 0 Å². The maximum atomic E-state index is 9.58. The minimum Gasteiger partial charge on any atom is -0.395 e. The van der Waals surface area contributed by atoms with Crippen molar-refractivity contribution in [2.75, 3.05) is 6.61 Å². The minimum absolute atomic E-state index is 0.225. The van der Waals surface area contributed by atoms with Gasteiger partial charge in [-0.2, -0.15) is 0 Å². The first kappa shape index (κ1) is 10.7. The number of halogens is 1. The summed E-state index contributed by atoms with van der Waals surface area (Å²) in [5.41, 5.74) is 6.19. The van der Waals surface area contributed by atoms with Gasteiger partial charge in [-0.25, -0.2) is 0 Å². The fraction of sp³-hybridized carbons (Fsp3) is 0.333. The second-order valence-electron chi connectivity index (χ2n) is 2.84. The highest BCUT2D eigenvalue weighted by molar-refractivity contribution is 9.10. The van der Waals surface area contributed by atoms with Crippen molar-refractivity contribution >= 4 is 15.9 Å². The molecule has 0 saturated heterocycles. The molecule has 0 heterocycles. The molecule has 4 N–H and O–H groups in total. The first-order valence-electron chi connectivity index (χ1n) is 3.95. The number of aliphatic hydroxyl groups excluding tert-OH is 2. The van der Waals surface area contributed by atoms with Gasteiger partial charge in [0.15, 0.2) is 0 Å². The molecule has 1 aromatic carbocycles. The Bertz CT molecular complexity index is 263. The van der Waals surface area contributed by atoms with Gasteiger partial charge in [-0.1, -0.05) is 28.1 Å². The number of benzene rings is 1. The molecule has 72 valence electrons. The van der Waals surface area contributed by atoms with E-state index < -0.39 is 12.1 Å². The molecule has 2 unspecified atom stereocenters. The van der Waals surface area contributed by atoms with Gasteiger partial charge in [0.05, 0.1) is 18.8 Å². The summed E-state index contributed by atoms with van der Waals surface area (Å²) in [5, 5.41) is 18.3. The van der Waals surface area contributed by atoms with E-state index in [-0.39, 0.29) is 6.61 Å². The van der Waals surface area contributed by atoms with Gasteiger partial charge in [0.25, 0.3) is 0 Å². The van der Waals surface area contributed by atoms with E-state index in [1.165, 1.54) is 0 Å². The molecule has 0 amide bonds. The summed E-state index contributed by atoms with van der Waals surface area (Å²) >= 11 is 3.29. The molecule has 0 aromatic heterocycles. The summed E-state index contributed by atoms with van der Waals surface area (Å²) in [6.45, 7) is -0.225. The van der Waals surface area contributed by atoms with Gasteiger partial charge in [0, 0.05) is 4.47 Å². The van der Waals surface area contributed by atoms with Gasteiger partial charge in [-0.3, -0.25) is 0 Å². The smallest absolute Gasteiger partial charge is 0.0963 e. The number of hydrogen-bond acceptors (Lipinski definition) is 3. The van der Waals surface area contributed by atoms with Crippen molar-refractivity contribution in [1.82, 2.24) is 0 Å². The summed E-state index contributed by atoms with van der Waals surface area (Å²) in [5.74, 6) is 0. The Balaban J connectivity index is 2.77. The lowest BCUT2D eigenvalue weighted by Gasteiger charge is -2.16. The van der Waals surface area contributed by atoms with Gasteiger partial charge in [0.1, 0.15) is 0 Å². The largest absolute Gasteiger partial charge is 0.395 e. The van der Waals surface area contributed by atoms with E-state index in [0.29, 0.717) is 5.56 Å². The van der Waals surface area contributed by atoms with Crippen LogP contribution in [0.5, 0.6) is 0 Å². The standard InChI is InChI=1S/C9H12BrNO2/c10-7-3-1-6(2-4-7)9(13)8(11)5-12/h1-4,8-9,12-13H,5,11H2. The van der Waals surface area contributed by atoms with E-state index in [4.69, 9.17) is 10.8 Å². The van der Waals surface area contributed by atoms with Gasteiger partial charge >= 0.3 is 0 Å². The average Bonchev–Trinajstić information content (AvgIpc) is 2.17. The van der Waals surface area contributed by atoms with Crippen LogP contribution in [0.4, 0.5) is 0 Å². The lowest BCUT2D eigenvalue weighted by molar-refractivity contribution is 0.109. The van der Waals surface area contributed by atoms with Crippen molar-refractivity contribution < 1.29 is 10.2 Å². The fourth-order valence-corrected chi connectivity index (χ4v) is 1.27. The highest BCUT2D eigenvalue weighted by atomic mass is 79.9. The molecule has 4 heteroatoms. The molecule has 0 spiro atoms. The fourth-order valence-electron chi connectivity index (χ4n) is 1.01. The third-order valence-corrected chi connectivity index (χ3v) is 2.36. The second kappa shape index (κ2) is 4.72. The molecular weight excluding hydrogens is 234 g/mol. The molecule has 0 fully saturated rings. The van der Waals surface area contributed by atoms with E-state index in [1.807, 2.05) is 12.1 Å². The van der Waals surface area contributed by atoms with Crippen LogP contribution in [0.2, 0.25) is 0 Å². The Kier molecular flexibility index (Phi) is 3.87. The van der Waals surface area contributed by atoms with E-state index in [1.54, 1.807) is 12.1 Å². The molecule has 0 saturated carbocycles. The molecular formula is C9H12BrNO2. The van der Waals surface area contributed by atoms with Crippen LogP contribution in [0.25, 0.3) is 0 Å². The summed E-state index contributed by atoms with van der Waals surface area (Å²) in [7, 11) is 0. The van der Waals surface area contributed by atoms with Crippen molar-refractivity contribution in [3.8, 4) is 0 Å². The molecule has 1 aromatic rings. The number of hydrogen-bond donors (Lipinski definition) is 3. The van der Waals surface area contributed by atoms with Crippen LogP contribution < -0.4 is 5.73 Å². The zero-order valence-electron chi connectivity index (χ0n) is 7.02. The van der Waals surface area contributed by atoms with Crippen LogP contribution in [0.15, 0.2) is 28.7 Å². The van der Waals surface area contributed by atoms with Crippen molar-refractivity contribution in [2.24, 2.45) is 5.73 Å². The highest BCUT2D eigenvalue weighted by Crippen LogP contribution is 2.18. The minimum atomic E-state index is -0.807. The number of nitrogens with two attached hydrogens (primary N) is 1. The summed E-state index contributed by atoms with van der Waals surface area (Å²) in [6.07, 6.45) is -0.807. The maximum absolute atomic E-state index is 9.58. The van der Waals surface area contributed by atoms with E-state index >= 15 is 0 Å². The van der Waals surface area contributed by atoms with Crippen LogP contribution in [0.3, 0.4) is 0 Å². The van der Waals surface area contributed by atoms with Gasteiger partial charge in [0.2, 0.25) is 0 Å². The monoisotopic (exact) mass is 245 g/mol. The first-order chi connectivity index (χ1) is 6.15. The Morgan fingerprint density at radius 1 is 1.31 bits per heavy atom. The topological polar surface area (TPSA) is 66.5 Å². The van der Waals surface area contributed by atoms with Crippen molar-refractivity contribution in [2.45, 2.75) is 12.1 Å². The summed E-state index contributed by atoms with van der Waals surface area (Å²) in [6, 6.07) is 6.56. The first-order valence-corrected chi connectivity index (χ1v) is 4.74. The van der Waals surface area contributed by atoms with Crippen LogP contribution in [0, 0.1) is 0 Å². The van der Waals surface area contributed by atoms with Crippen molar-refractivity contribution in [1.29, 1.82) is 0 Å². The van der Waals surface area contributed by atoms with Crippen LogP contribution >= 0.6 is 15.9 Å². The van der Waals surface area contributed by atoms with Gasteiger partial charge < -0.3 is 15.9 Å². The second-order valence-corrected chi connectivity index (χ2v) is 3.76. The van der Waals surface area contributed by atoms with E-state index in [9.17, 15) is 5.11 Å². The average molecular weight is 246 g/mol. The quantitative estimate of drug-likeness (QED) is 0.739. The van der Waals surface area contributed by atoms with Gasteiger partial charge in [-0.15, -0.1) is 0 Å². The number of rotatable bonds is 3. The Hall–Kier alpha value is -0.420. The highest BCUT2D eigenvalue weighted by Gasteiger charge is 2.15. The molecule has 0 radical (unpaired) electrons. The molecule has 3 nitrogen and oxygen atoms in total. The lowest BCUT2D eigenvalue weighted by atomic mass is 10.0. The molecule has 1 rings (SSSR count). The molecule has 0 aliphatic heterocycles.